The van der Waals surface area contributed by atoms with Crippen molar-refractivity contribution in [3.8, 4) is 11.5 Å². The topological polar surface area (TPSA) is 64.6 Å². The Labute approximate surface area is 170 Å². The molecule has 0 aromatic heterocycles. The second-order valence-corrected chi connectivity index (χ2v) is 7.24. The van der Waals surface area contributed by atoms with E-state index in [0.717, 1.165) is 35.5 Å². The number of rotatable bonds is 4. The molecule has 29 heavy (non-hydrogen) atoms. The molecule has 0 unspecified atom stereocenters. The molecule has 4 rings (SSSR count). The van der Waals surface area contributed by atoms with Gasteiger partial charge in [0.1, 0.15) is 11.5 Å². The van der Waals surface area contributed by atoms with Crippen molar-refractivity contribution in [2.45, 2.75) is 32.1 Å². The molecule has 5 nitrogen and oxygen atoms in total. The number of ketones is 1. The predicted octanol–water partition coefficient (Wildman–Crippen LogP) is 4.62. The van der Waals surface area contributed by atoms with Gasteiger partial charge in [0.2, 0.25) is 0 Å². The van der Waals surface area contributed by atoms with Crippen molar-refractivity contribution in [3.63, 3.8) is 0 Å². The number of esters is 1. The van der Waals surface area contributed by atoms with Gasteiger partial charge < -0.3 is 14.8 Å². The molecule has 1 N–H and O–H groups in total. The largest absolute Gasteiger partial charge is 0.466 e. The van der Waals surface area contributed by atoms with Crippen LogP contribution in [-0.2, 0) is 14.3 Å². The third-order valence-electron chi connectivity index (χ3n) is 5.35. The third kappa shape index (κ3) is 3.68. The van der Waals surface area contributed by atoms with E-state index in [-0.39, 0.29) is 5.78 Å². The van der Waals surface area contributed by atoms with Crippen LogP contribution >= 0.6 is 0 Å². The average Bonchev–Trinajstić information content (AvgIpc) is 2.73. The molecule has 0 bridgehead atoms. The Morgan fingerprint density at radius 2 is 1.79 bits per heavy atom. The Morgan fingerprint density at radius 1 is 1.03 bits per heavy atom. The first-order valence-corrected chi connectivity index (χ1v) is 9.73. The van der Waals surface area contributed by atoms with Gasteiger partial charge in [-0.2, -0.15) is 0 Å². The lowest BCUT2D eigenvalue weighted by Crippen LogP contribution is -2.34. The van der Waals surface area contributed by atoms with Gasteiger partial charge in [-0.05, 0) is 49.6 Å². The molecule has 2 aromatic rings. The lowest BCUT2D eigenvalue weighted by Gasteiger charge is -2.34. The number of nitrogens with one attached hydrogen (secondary N) is 1. The normalized spacial score (nSPS) is 18.8. The standard InChI is InChI=1S/C24H23NO4/c1-15-21(24(27)28-2)22(23-19(25-15)12-7-13-20(23)26)16-8-6-11-18(14-16)29-17-9-4-3-5-10-17/h3-6,8-11,14,22,25H,7,12-13H2,1-2H3/t22-/m0/s1. The van der Waals surface area contributed by atoms with E-state index in [1.807, 2.05) is 61.5 Å². The van der Waals surface area contributed by atoms with Crippen LogP contribution in [-0.4, -0.2) is 18.9 Å². The summed E-state index contributed by atoms with van der Waals surface area (Å²) in [6, 6.07) is 17.1. The number of hydrogen-bond acceptors (Lipinski definition) is 5. The summed E-state index contributed by atoms with van der Waals surface area (Å²) in [7, 11) is 1.36. The maximum atomic E-state index is 12.8. The van der Waals surface area contributed by atoms with Crippen LogP contribution in [0.3, 0.4) is 0 Å². The van der Waals surface area contributed by atoms with Gasteiger partial charge in [-0.3, -0.25) is 4.79 Å². The van der Waals surface area contributed by atoms with Gasteiger partial charge in [0.15, 0.2) is 5.78 Å². The van der Waals surface area contributed by atoms with E-state index in [1.54, 1.807) is 0 Å². The summed E-state index contributed by atoms with van der Waals surface area (Å²) in [4.78, 5) is 25.5. The van der Waals surface area contributed by atoms with E-state index in [0.29, 0.717) is 23.3 Å². The summed E-state index contributed by atoms with van der Waals surface area (Å²) < 4.78 is 11.0. The maximum absolute atomic E-state index is 12.8. The van der Waals surface area contributed by atoms with Crippen molar-refractivity contribution in [1.82, 2.24) is 5.32 Å². The van der Waals surface area contributed by atoms with Crippen molar-refractivity contribution in [3.05, 3.63) is 82.7 Å². The number of hydrogen-bond donors (Lipinski definition) is 1. The summed E-state index contributed by atoms with van der Waals surface area (Å²) in [5, 5.41) is 3.27. The number of dihydropyridines is 1. The number of ether oxygens (including phenoxy) is 2. The molecule has 1 atom stereocenters. The molecule has 2 aromatic carbocycles. The Kier molecular flexibility index (Phi) is 5.21. The van der Waals surface area contributed by atoms with E-state index in [2.05, 4.69) is 5.32 Å². The minimum absolute atomic E-state index is 0.0760. The molecular weight excluding hydrogens is 366 g/mol. The maximum Gasteiger partial charge on any atom is 0.336 e. The second kappa shape index (κ2) is 7.95. The number of para-hydroxylation sites is 1. The fourth-order valence-corrected chi connectivity index (χ4v) is 4.08. The quantitative estimate of drug-likeness (QED) is 0.773. The molecule has 5 heteroatoms. The summed E-state index contributed by atoms with van der Waals surface area (Å²) in [6.07, 6.45) is 2.10. The molecule has 148 valence electrons. The first kappa shape index (κ1) is 19.0. The monoisotopic (exact) mass is 389 g/mol. The highest BCUT2D eigenvalue weighted by Crippen LogP contribution is 2.43. The molecule has 0 saturated carbocycles. The zero-order chi connectivity index (χ0) is 20.4. The highest BCUT2D eigenvalue weighted by Gasteiger charge is 2.38. The number of carbonyl (C=O) groups is 2. The Bertz CT molecular complexity index is 1020. The first-order chi connectivity index (χ1) is 14.1. The Morgan fingerprint density at radius 3 is 2.55 bits per heavy atom. The van der Waals surface area contributed by atoms with Gasteiger partial charge in [0.25, 0.3) is 0 Å². The lowest BCUT2D eigenvalue weighted by atomic mass is 9.75. The first-order valence-electron chi connectivity index (χ1n) is 9.73. The second-order valence-electron chi connectivity index (χ2n) is 7.24. The summed E-state index contributed by atoms with van der Waals surface area (Å²) in [5.74, 6) is 0.556. The molecule has 0 fully saturated rings. The van der Waals surface area contributed by atoms with Crippen LogP contribution in [0.4, 0.5) is 0 Å². The van der Waals surface area contributed by atoms with E-state index in [4.69, 9.17) is 9.47 Å². The molecule has 0 amide bonds. The van der Waals surface area contributed by atoms with E-state index >= 15 is 0 Å². The van der Waals surface area contributed by atoms with E-state index < -0.39 is 11.9 Å². The van der Waals surface area contributed by atoms with E-state index in [1.165, 1.54) is 7.11 Å². The van der Waals surface area contributed by atoms with Crippen molar-refractivity contribution in [2.75, 3.05) is 7.11 Å². The molecule has 2 aliphatic rings. The SMILES string of the molecule is COC(=O)C1=C(C)NC2=C(C(=O)CCC2)[C@H]1c1cccc(Oc2ccccc2)c1. The van der Waals surface area contributed by atoms with Crippen LogP contribution in [0.2, 0.25) is 0 Å². The summed E-state index contributed by atoms with van der Waals surface area (Å²) in [5.41, 5.74) is 3.61. The van der Waals surface area contributed by atoms with Gasteiger partial charge in [-0.15, -0.1) is 0 Å². The molecule has 0 saturated heterocycles. The van der Waals surface area contributed by atoms with Crippen LogP contribution in [0, 0.1) is 0 Å². The Balaban J connectivity index is 1.79. The molecule has 0 radical (unpaired) electrons. The predicted molar refractivity (Wildman–Crippen MR) is 109 cm³/mol. The fourth-order valence-electron chi connectivity index (χ4n) is 4.08. The number of carbonyl (C=O) groups excluding carboxylic acids is 2. The van der Waals surface area contributed by atoms with Gasteiger partial charge >= 0.3 is 5.97 Å². The van der Waals surface area contributed by atoms with Gasteiger partial charge in [0.05, 0.1) is 12.7 Å². The fraction of sp³-hybridized carbons (Fsp3) is 0.250. The zero-order valence-corrected chi connectivity index (χ0v) is 16.5. The van der Waals surface area contributed by atoms with Crippen molar-refractivity contribution in [2.24, 2.45) is 0 Å². The average molecular weight is 389 g/mol. The minimum Gasteiger partial charge on any atom is -0.466 e. The van der Waals surface area contributed by atoms with Crippen LogP contribution in [0.1, 0.15) is 37.7 Å². The smallest absolute Gasteiger partial charge is 0.336 e. The van der Waals surface area contributed by atoms with Crippen LogP contribution in [0.5, 0.6) is 11.5 Å². The number of Topliss-reactive ketones (excluding diaryl/α,β-unsaturated/α-hetero) is 1. The van der Waals surface area contributed by atoms with Crippen LogP contribution in [0.25, 0.3) is 0 Å². The minimum atomic E-state index is -0.467. The highest BCUT2D eigenvalue weighted by atomic mass is 16.5. The zero-order valence-electron chi connectivity index (χ0n) is 16.5. The molecule has 1 aliphatic carbocycles. The highest BCUT2D eigenvalue weighted by molar-refractivity contribution is 6.03. The van der Waals surface area contributed by atoms with Crippen LogP contribution in [0.15, 0.2) is 77.1 Å². The van der Waals surface area contributed by atoms with Crippen molar-refractivity contribution in [1.29, 1.82) is 0 Å². The summed E-state index contributed by atoms with van der Waals surface area (Å²) in [6.45, 7) is 1.85. The van der Waals surface area contributed by atoms with Gasteiger partial charge in [-0.1, -0.05) is 30.3 Å². The lowest BCUT2D eigenvalue weighted by molar-refractivity contribution is -0.136. The Hall–Kier alpha value is -3.34. The molecular formula is C24H23NO4. The van der Waals surface area contributed by atoms with Crippen molar-refractivity contribution >= 4 is 11.8 Å². The number of allylic oxidation sites excluding steroid dienone is 3. The van der Waals surface area contributed by atoms with Gasteiger partial charge in [-0.25, -0.2) is 4.79 Å². The van der Waals surface area contributed by atoms with Crippen LogP contribution < -0.4 is 10.1 Å². The van der Waals surface area contributed by atoms with E-state index in [9.17, 15) is 9.59 Å². The van der Waals surface area contributed by atoms with Gasteiger partial charge in [0, 0.05) is 29.3 Å². The third-order valence-corrected chi connectivity index (χ3v) is 5.35. The molecule has 0 spiro atoms. The molecule has 1 aliphatic heterocycles. The van der Waals surface area contributed by atoms with Crippen molar-refractivity contribution < 1.29 is 19.1 Å². The molecule has 1 heterocycles. The summed E-state index contributed by atoms with van der Waals surface area (Å²) >= 11 is 0. The number of benzene rings is 2. The number of methoxy groups -OCH3 is 1.